The van der Waals surface area contributed by atoms with Crippen molar-refractivity contribution >= 4 is 19.2 Å². The van der Waals surface area contributed by atoms with Crippen molar-refractivity contribution in [3.63, 3.8) is 0 Å². The Morgan fingerprint density at radius 1 is 0.964 bits per heavy atom. The molecule has 1 aliphatic heterocycles. The summed E-state index contributed by atoms with van der Waals surface area (Å²) in [4.78, 5) is 18.6. The molecular weight excluding hydrogens is 739 g/mol. The number of nitriles is 1. The normalized spacial score (nSPS) is 21.3. The number of pyridine rings is 1. The van der Waals surface area contributed by atoms with Crippen LogP contribution in [0.25, 0.3) is 5.52 Å². The van der Waals surface area contributed by atoms with Gasteiger partial charge in [-0.25, -0.2) is 19.0 Å². The van der Waals surface area contributed by atoms with Gasteiger partial charge in [0.15, 0.2) is 11.4 Å². The summed E-state index contributed by atoms with van der Waals surface area (Å²) in [5.41, 5.74) is 4.02. The molecule has 5 N–H and O–H groups in total. The number of nitrogens with two attached hydrogens (primary N) is 1. The first-order chi connectivity index (χ1) is 27.0. The van der Waals surface area contributed by atoms with Crippen LogP contribution in [0.4, 0.5) is 5.82 Å². The monoisotopic (exact) mass is 802 g/mol. The molecule has 0 amide bonds. The molecule has 5 atom stereocenters. The van der Waals surface area contributed by atoms with E-state index in [0.29, 0.717) is 17.7 Å². The summed E-state index contributed by atoms with van der Waals surface area (Å²) < 4.78 is 42.7. The molecule has 0 saturated carbocycles. The number of fused-ring (bicyclic) bond motifs is 1. The molecule has 1 unspecified atom stereocenters. The Hall–Kier alpha value is -3.03. The zero-order chi connectivity index (χ0) is 40.3. The maximum atomic E-state index is 13.1. The molecule has 0 radical (unpaired) electrons. The fraction of sp³-hybridized carbons (Fsp3) is 0.700. The minimum absolute atomic E-state index is 0.105. The third-order valence-electron chi connectivity index (χ3n) is 10.4. The van der Waals surface area contributed by atoms with Crippen molar-refractivity contribution in [3.05, 3.63) is 53.7 Å². The fourth-order valence-electron chi connectivity index (χ4n) is 6.88. The van der Waals surface area contributed by atoms with E-state index < -0.39 is 37.8 Å². The molecule has 1 fully saturated rings. The van der Waals surface area contributed by atoms with E-state index in [2.05, 4.69) is 22.0 Å². The molecule has 3 aromatic heterocycles. The SMILES string of the molecule is CCCCCCCCCCCCCCCCCCOC[C@@H](COP(=O)(O)OC[C@@]1(C)OC[C@](O)(c2ccc3c(N)ncnn23)[C@@H]1O)OCc1ccc(C#N)nc1. The van der Waals surface area contributed by atoms with E-state index in [0.717, 1.165) is 19.3 Å². The summed E-state index contributed by atoms with van der Waals surface area (Å²) >= 11 is 0. The molecule has 0 aromatic carbocycles. The standard InChI is InChI=1S/C40H63N6O9P/c1-3-4-5-6-7-8-9-10-11-12-13-14-15-16-17-18-23-51-27-34(52-26-32-19-20-33(24-41)43-25-32)28-54-56(49,50)55-29-39(2)38(47)40(48,30-53-39)36-22-21-35-37(42)44-31-45-46(35)36/h19-22,25,31,34,38,47-48H,3-18,23,26-30H2,1-2H3,(H,49,50)(H2,42,44,45)/t34-,38+,39+,40-/m0/s1. The lowest BCUT2D eigenvalue weighted by molar-refractivity contribution is -0.101. The predicted molar refractivity (Wildman–Crippen MR) is 211 cm³/mol. The molecule has 16 heteroatoms. The van der Waals surface area contributed by atoms with Crippen molar-refractivity contribution in [1.29, 1.82) is 5.26 Å². The second-order valence-electron chi connectivity index (χ2n) is 15.1. The Labute approximate surface area is 331 Å². The largest absolute Gasteiger partial charge is 0.472 e. The smallest absolute Gasteiger partial charge is 0.386 e. The number of hydrogen-bond donors (Lipinski definition) is 4. The average Bonchev–Trinajstić information content (AvgIpc) is 3.74. The summed E-state index contributed by atoms with van der Waals surface area (Å²) in [6.45, 7) is 3.17. The highest BCUT2D eigenvalue weighted by Gasteiger charge is 2.58. The van der Waals surface area contributed by atoms with Crippen molar-refractivity contribution in [2.45, 2.75) is 147 Å². The lowest BCUT2D eigenvalue weighted by Crippen LogP contribution is -2.49. The van der Waals surface area contributed by atoms with Crippen LogP contribution in [0.15, 0.2) is 36.8 Å². The number of nitrogen functional groups attached to an aromatic ring is 1. The Morgan fingerprint density at radius 3 is 2.21 bits per heavy atom. The molecule has 1 saturated heterocycles. The number of anilines is 1. The van der Waals surface area contributed by atoms with Gasteiger partial charge in [0.2, 0.25) is 0 Å². The van der Waals surface area contributed by atoms with E-state index in [9.17, 15) is 19.7 Å². The number of aliphatic hydroxyl groups excluding tert-OH is 1. The first kappa shape index (κ1) is 45.7. The summed E-state index contributed by atoms with van der Waals surface area (Å²) in [6, 6.07) is 8.43. The van der Waals surface area contributed by atoms with E-state index in [4.69, 9.17) is 34.3 Å². The molecule has 0 bridgehead atoms. The zero-order valence-electron chi connectivity index (χ0n) is 33.2. The van der Waals surface area contributed by atoms with Gasteiger partial charge in [0.05, 0.1) is 38.7 Å². The molecule has 0 aliphatic carbocycles. The molecule has 15 nitrogen and oxygen atoms in total. The van der Waals surface area contributed by atoms with Gasteiger partial charge in [0.25, 0.3) is 0 Å². The van der Waals surface area contributed by atoms with Crippen LogP contribution in [-0.4, -0.2) is 85.5 Å². The number of nitrogens with zero attached hydrogens (tertiary/aromatic N) is 5. The van der Waals surface area contributed by atoms with Gasteiger partial charge in [-0.05, 0) is 37.1 Å². The van der Waals surface area contributed by atoms with Crippen molar-refractivity contribution in [3.8, 4) is 6.07 Å². The predicted octanol–water partition coefficient (Wildman–Crippen LogP) is 6.91. The van der Waals surface area contributed by atoms with Gasteiger partial charge < -0.3 is 35.1 Å². The van der Waals surface area contributed by atoms with Gasteiger partial charge in [0, 0.05) is 12.8 Å². The van der Waals surface area contributed by atoms with E-state index in [1.807, 2.05) is 6.07 Å². The van der Waals surface area contributed by atoms with Crippen molar-refractivity contribution in [2.75, 3.05) is 38.8 Å². The lowest BCUT2D eigenvalue weighted by atomic mass is 9.86. The molecule has 312 valence electrons. The number of aliphatic hydroxyl groups is 2. The molecule has 4 rings (SSSR count). The number of phosphoric acid groups is 1. The van der Waals surface area contributed by atoms with Crippen LogP contribution < -0.4 is 5.73 Å². The van der Waals surface area contributed by atoms with Crippen molar-refractivity contribution in [2.24, 2.45) is 0 Å². The highest BCUT2D eigenvalue weighted by molar-refractivity contribution is 7.47. The second kappa shape index (κ2) is 23.4. The number of hydrogen-bond acceptors (Lipinski definition) is 13. The Balaban J connectivity index is 1.16. The second-order valence-corrected chi connectivity index (χ2v) is 16.6. The molecular formula is C40H63N6O9P. The van der Waals surface area contributed by atoms with E-state index in [1.165, 1.54) is 107 Å². The number of phosphoric ester groups is 1. The van der Waals surface area contributed by atoms with Crippen molar-refractivity contribution in [1.82, 2.24) is 19.6 Å². The van der Waals surface area contributed by atoms with Crippen LogP contribution in [0.5, 0.6) is 0 Å². The lowest BCUT2D eigenvalue weighted by Gasteiger charge is -2.32. The van der Waals surface area contributed by atoms with Crippen LogP contribution in [0.1, 0.15) is 134 Å². The van der Waals surface area contributed by atoms with E-state index in [1.54, 1.807) is 24.3 Å². The van der Waals surface area contributed by atoms with Crippen LogP contribution in [-0.2, 0) is 40.0 Å². The minimum Gasteiger partial charge on any atom is -0.386 e. The zero-order valence-corrected chi connectivity index (χ0v) is 34.1. The van der Waals surface area contributed by atoms with E-state index >= 15 is 0 Å². The summed E-state index contributed by atoms with van der Waals surface area (Å²) in [5.74, 6) is 0.189. The topological polar surface area (TPSA) is 217 Å². The highest BCUT2D eigenvalue weighted by atomic mass is 31.2. The van der Waals surface area contributed by atoms with Gasteiger partial charge in [-0.1, -0.05) is 109 Å². The summed E-state index contributed by atoms with van der Waals surface area (Å²) in [6.07, 6.45) is 20.9. The first-order valence-corrected chi connectivity index (χ1v) is 21.8. The molecule has 0 spiro atoms. The molecule has 3 aromatic rings. The van der Waals surface area contributed by atoms with E-state index in [-0.39, 0.29) is 43.6 Å². The third kappa shape index (κ3) is 14.1. The highest BCUT2D eigenvalue weighted by Crippen LogP contribution is 2.47. The molecule has 1 aliphatic rings. The van der Waals surface area contributed by atoms with Crippen LogP contribution in [0.2, 0.25) is 0 Å². The minimum atomic E-state index is -4.70. The summed E-state index contributed by atoms with van der Waals surface area (Å²) in [7, 11) is -4.70. The number of rotatable bonds is 29. The maximum Gasteiger partial charge on any atom is 0.472 e. The van der Waals surface area contributed by atoms with Crippen LogP contribution >= 0.6 is 7.82 Å². The van der Waals surface area contributed by atoms with Gasteiger partial charge in [-0.3, -0.25) is 9.05 Å². The number of aromatic nitrogens is 4. The van der Waals surface area contributed by atoms with Gasteiger partial charge in [-0.2, -0.15) is 10.4 Å². The number of ether oxygens (including phenoxy) is 3. The Kier molecular flexibility index (Phi) is 19.1. The van der Waals surface area contributed by atoms with Crippen molar-refractivity contribution < 1.29 is 42.9 Å². The molecule has 56 heavy (non-hydrogen) atoms. The molecule has 4 heterocycles. The number of unbranched alkanes of at least 4 members (excludes halogenated alkanes) is 15. The first-order valence-electron chi connectivity index (χ1n) is 20.3. The Bertz CT molecular complexity index is 1670. The van der Waals surface area contributed by atoms with Crippen LogP contribution in [0.3, 0.4) is 0 Å². The maximum absolute atomic E-state index is 13.1. The average molecular weight is 803 g/mol. The quantitative estimate of drug-likeness (QED) is 0.0414. The Morgan fingerprint density at radius 2 is 1.61 bits per heavy atom. The third-order valence-corrected chi connectivity index (χ3v) is 11.3. The van der Waals surface area contributed by atoms with Gasteiger partial charge >= 0.3 is 7.82 Å². The fourth-order valence-corrected chi connectivity index (χ4v) is 7.73. The van der Waals surface area contributed by atoms with Gasteiger partial charge in [0.1, 0.15) is 41.4 Å². The summed E-state index contributed by atoms with van der Waals surface area (Å²) in [5, 5.41) is 36.0. The van der Waals surface area contributed by atoms with Gasteiger partial charge in [-0.15, -0.1) is 0 Å². The van der Waals surface area contributed by atoms with Crippen LogP contribution in [0, 0.1) is 11.3 Å².